The second-order valence-electron chi connectivity index (χ2n) is 5.97. The third kappa shape index (κ3) is 3.69. The highest BCUT2D eigenvalue weighted by molar-refractivity contribution is 5.82. The van der Waals surface area contributed by atoms with Crippen molar-refractivity contribution in [3.05, 3.63) is 0 Å². The van der Waals surface area contributed by atoms with Crippen LogP contribution in [0.2, 0.25) is 0 Å². The van der Waals surface area contributed by atoms with Crippen molar-refractivity contribution in [1.29, 1.82) is 0 Å². The summed E-state index contributed by atoms with van der Waals surface area (Å²) in [4.78, 5) is 14.6. The lowest BCUT2D eigenvalue weighted by Gasteiger charge is -2.21. The molecule has 0 aromatic rings. The number of hydrogen-bond acceptors (Lipinski definition) is 3. The minimum Gasteiger partial charge on any atom is -0.353 e. The molecule has 0 aromatic carbocycles. The van der Waals surface area contributed by atoms with Gasteiger partial charge in [-0.2, -0.15) is 0 Å². The predicted molar refractivity (Wildman–Crippen MR) is 78.0 cm³/mol. The summed E-state index contributed by atoms with van der Waals surface area (Å²) in [5.41, 5.74) is 0. The van der Waals surface area contributed by atoms with E-state index in [4.69, 9.17) is 0 Å². The van der Waals surface area contributed by atoms with Crippen molar-refractivity contribution in [1.82, 2.24) is 15.5 Å². The summed E-state index contributed by atoms with van der Waals surface area (Å²) >= 11 is 0. The molecular formula is C15H29N3O. The number of carbonyl (C=O) groups is 1. The second-order valence-corrected chi connectivity index (χ2v) is 5.97. The van der Waals surface area contributed by atoms with Crippen LogP contribution >= 0.6 is 0 Å². The number of hydrogen-bond donors (Lipinski definition) is 2. The molecule has 0 radical (unpaired) electrons. The van der Waals surface area contributed by atoms with Crippen LogP contribution in [0.5, 0.6) is 0 Å². The molecular weight excluding hydrogens is 238 g/mol. The Morgan fingerprint density at radius 2 is 2.16 bits per heavy atom. The third-order valence-corrected chi connectivity index (χ3v) is 4.74. The monoisotopic (exact) mass is 267 g/mol. The highest BCUT2D eigenvalue weighted by Crippen LogP contribution is 2.37. The number of carbonyl (C=O) groups excluding carboxylic acids is 1. The fraction of sp³-hybridized carbons (Fsp3) is 0.933. The number of rotatable bonds is 7. The molecule has 1 aliphatic heterocycles. The van der Waals surface area contributed by atoms with Gasteiger partial charge in [0.1, 0.15) is 0 Å². The standard InChI is InChI=1S/C15H29N3O/c1-3-9-18(4-2)10-8-16-15(19)14-13-7-5-6-12(13)11-17-14/h12-14,17H,3-11H2,1-2H3,(H,16,19). The topological polar surface area (TPSA) is 44.4 Å². The number of fused-ring (bicyclic) bond motifs is 1. The van der Waals surface area contributed by atoms with Gasteiger partial charge in [0, 0.05) is 13.1 Å². The van der Waals surface area contributed by atoms with Gasteiger partial charge in [-0.15, -0.1) is 0 Å². The minimum atomic E-state index is 0.0775. The maximum absolute atomic E-state index is 12.2. The average Bonchev–Trinajstić information content (AvgIpc) is 2.99. The predicted octanol–water partition coefficient (Wildman–Crippen LogP) is 1.22. The van der Waals surface area contributed by atoms with Crippen LogP contribution in [0.25, 0.3) is 0 Å². The zero-order chi connectivity index (χ0) is 13.7. The van der Waals surface area contributed by atoms with E-state index in [0.29, 0.717) is 5.92 Å². The summed E-state index contributed by atoms with van der Waals surface area (Å²) in [7, 11) is 0. The van der Waals surface area contributed by atoms with E-state index in [1.165, 1.54) is 25.7 Å². The highest BCUT2D eigenvalue weighted by Gasteiger charge is 2.42. The summed E-state index contributed by atoms with van der Waals surface area (Å²) in [5, 5.41) is 6.53. The number of amides is 1. The zero-order valence-corrected chi connectivity index (χ0v) is 12.5. The lowest BCUT2D eigenvalue weighted by atomic mass is 9.94. The van der Waals surface area contributed by atoms with Crippen molar-refractivity contribution in [2.45, 2.75) is 45.6 Å². The van der Waals surface area contributed by atoms with Gasteiger partial charge in [-0.25, -0.2) is 0 Å². The number of likely N-dealkylation sites (N-methyl/N-ethyl adjacent to an activating group) is 1. The van der Waals surface area contributed by atoms with Crippen LogP contribution in [-0.2, 0) is 4.79 Å². The van der Waals surface area contributed by atoms with Crippen molar-refractivity contribution in [2.24, 2.45) is 11.8 Å². The van der Waals surface area contributed by atoms with E-state index in [1.807, 2.05) is 0 Å². The molecule has 4 nitrogen and oxygen atoms in total. The minimum absolute atomic E-state index is 0.0775. The molecule has 1 heterocycles. The summed E-state index contributed by atoms with van der Waals surface area (Å²) in [6.07, 6.45) is 5.02. The van der Waals surface area contributed by atoms with Crippen LogP contribution in [0.1, 0.15) is 39.5 Å². The van der Waals surface area contributed by atoms with E-state index >= 15 is 0 Å². The Morgan fingerprint density at radius 3 is 2.89 bits per heavy atom. The molecule has 2 N–H and O–H groups in total. The second kappa shape index (κ2) is 7.25. The Kier molecular flexibility index (Phi) is 5.64. The smallest absolute Gasteiger partial charge is 0.237 e. The fourth-order valence-electron chi connectivity index (χ4n) is 3.67. The SMILES string of the molecule is CCCN(CC)CCNC(=O)C1NCC2CCCC21. The van der Waals surface area contributed by atoms with Crippen LogP contribution in [0.15, 0.2) is 0 Å². The van der Waals surface area contributed by atoms with Crippen molar-refractivity contribution in [3.8, 4) is 0 Å². The van der Waals surface area contributed by atoms with Crippen LogP contribution in [0.3, 0.4) is 0 Å². The summed E-state index contributed by atoms with van der Waals surface area (Å²) in [5.74, 6) is 1.57. The quantitative estimate of drug-likeness (QED) is 0.729. The molecule has 1 saturated heterocycles. The number of nitrogens with one attached hydrogen (secondary N) is 2. The van der Waals surface area contributed by atoms with Crippen molar-refractivity contribution in [3.63, 3.8) is 0 Å². The summed E-state index contributed by atoms with van der Waals surface area (Å²) in [6.45, 7) is 9.36. The van der Waals surface area contributed by atoms with Crippen LogP contribution < -0.4 is 10.6 Å². The molecule has 2 aliphatic rings. The first-order chi connectivity index (χ1) is 9.26. The van der Waals surface area contributed by atoms with E-state index < -0.39 is 0 Å². The van der Waals surface area contributed by atoms with E-state index in [2.05, 4.69) is 29.4 Å². The summed E-state index contributed by atoms with van der Waals surface area (Å²) in [6, 6.07) is 0.0775. The molecule has 3 atom stereocenters. The molecule has 2 fully saturated rings. The molecule has 0 aromatic heterocycles. The van der Waals surface area contributed by atoms with Gasteiger partial charge in [0.2, 0.25) is 5.91 Å². The molecule has 0 bridgehead atoms. The van der Waals surface area contributed by atoms with Gasteiger partial charge >= 0.3 is 0 Å². The molecule has 19 heavy (non-hydrogen) atoms. The molecule has 3 unspecified atom stereocenters. The first kappa shape index (κ1) is 14.8. The molecule has 1 saturated carbocycles. The van der Waals surface area contributed by atoms with Gasteiger partial charge in [-0.05, 0) is 50.7 Å². The average molecular weight is 267 g/mol. The Morgan fingerprint density at radius 1 is 1.32 bits per heavy atom. The van der Waals surface area contributed by atoms with Gasteiger partial charge in [0.25, 0.3) is 0 Å². The Bertz CT molecular complexity index is 295. The molecule has 4 heteroatoms. The van der Waals surface area contributed by atoms with Crippen molar-refractivity contribution in [2.75, 3.05) is 32.7 Å². The van der Waals surface area contributed by atoms with Crippen LogP contribution in [-0.4, -0.2) is 49.6 Å². The van der Waals surface area contributed by atoms with E-state index in [0.717, 1.165) is 38.6 Å². The maximum Gasteiger partial charge on any atom is 0.237 e. The van der Waals surface area contributed by atoms with Gasteiger partial charge in [0.15, 0.2) is 0 Å². The Hall–Kier alpha value is -0.610. The molecule has 0 spiro atoms. The molecule has 110 valence electrons. The van der Waals surface area contributed by atoms with E-state index in [1.54, 1.807) is 0 Å². The van der Waals surface area contributed by atoms with E-state index in [9.17, 15) is 4.79 Å². The van der Waals surface area contributed by atoms with E-state index in [-0.39, 0.29) is 11.9 Å². The zero-order valence-electron chi connectivity index (χ0n) is 12.5. The number of nitrogens with zero attached hydrogens (tertiary/aromatic N) is 1. The Labute approximate surface area is 117 Å². The van der Waals surface area contributed by atoms with Crippen LogP contribution in [0.4, 0.5) is 0 Å². The van der Waals surface area contributed by atoms with Crippen LogP contribution in [0, 0.1) is 11.8 Å². The highest BCUT2D eigenvalue weighted by atomic mass is 16.2. The fourth-order valence-corrected chi connectivity index (χ4v) is 3.67. The third-order valence-electron chi connectivity index (χ3n) is 4.74. The van der Waals surface area contributed by atoms with Crippen molar-refractivity contribution < 1.29 is 4.79 Å². The Balaban J connectivity index is 1.69. The van der Waals surface area contributed by atoms with Gasteiger partial charge in [0.05, 0.1) is 6.04 Å². The maximum atomic E-state index is 12.2. The van der Waals surface area contributed by atoms with Gasteiger partial charge in [-0.1, -0.05) is 20.3 Å². The van der Waals surface area contributed by atoms with Gasteiger partial charge in [-0.3, -0.25) is 4.79 Å². The first-order valence-electron chi connectivity index (χ1n) is 7.99. The first-order valence-corrected chi connectivity index (χ1v) is 7.99. The van der Waals surface area contributed by atoms with Gasteiger partial charge < -0.3 is 15.5 Å². The summed E-state index contributed by atoms with van der Waals surface area (Å²) < 4.78 is 0. The van der Waals surface area contributed by atoms with Crippen molar-refractivity contribution >= 4 is 5.91 Å². The molecule has 1 aliphatic carbocycles. The molecule has 1 amide bonds. The lowest BCUT2D eigenvalue weighted by molar-refractivity contribution is -0.123. The lowest BCUT2D eigenvalue weighted by Crippen LogP contribution is -2.46. The molecule has 2 rings (SSSR count). The largest absolute Gasteiger partial charge is 0.353 e. The normalized spacial score (nSPS) is 29.7.